The van der Waals surface area contributed by atoms with Gasteiger partial charge in [-0.3, -0.25) is 9.69 Å². The van der Waals surface area contributed by atoms with Gasteiger partial charge in [0.25, 0.3) is 5.91 Å². The van der Waals surface area contributed by atoms with Crippen LogP contribution in [0.1, 0.15) is 36.0 Å². The number of methoxy groups -OCH3 is 1. The number of esters is 1. The summed E-state index contributed by atoms with van der Waals surface area (Å²) >= 11 is 0. The van der Waals surface area contributed by atoms with Gasteiger partial charge in [0.05, 0.1) is 7.11 Å². The molecule has 8 heteroatoms. The molecule has 1 aliphatic rings. The molecule has 1 unspecified atom stereocenters. The largest absolute Gasteiger partial charge is 0.481 e. The molecule has 0 saturated carbocycles. The van der Waals surface area contributed by atoms with Crippen molar-refractivity contribution in [1.29, 1.82) is 0 Å². The first kappa shape index (κ1) is 20.7. The summed E-state index contributed by atoms with van der Waals surface area (Å²) in [4.78, 5) is 35.8. The zero-order valence-corrected chi connectivity index (χ0v) is 17.6. The van der Waals surface area contributed by atoms with Gasteiger partial charge in [0.15, 0.2) is 5.65 Å². The number of carbonyl (C=O) groups is 2. The Hall–Kier alpha value is -3.52. The Bertz CT molecular complexity index is 1130. The van der Waals surface area contributed by atoms with Crippen LogP contribution in [0.15, 0.2) is 48.5 Å². The number of amides is 1. The molecule has 0 radical (unpaired) electrons. The summed E-state index contributed by atoms with van der Waals surface area (Å²) in [5.41, 5.74) is 1.49. The maximum absolute atomic E-state index is 13.2. The van der Waals surface area contributed by atoms with E-state index in [1.807, 2.05) is 26.0 Å². The lowest BCUT2D eigenvalue weighted by Gasteiger charge is -2.24. The first-order valence-electron chi connectivity index (χ1n) is 9.99. The fourth-order valence-electron chi connectivity index (χ4n) is 3.38. The zero-order valence-electron chi connectivity index (χ0n) is 17.6. The van der Waals surface area contributed by atoms with E-state index in [2.05, 4.69) is 9.97 Å². The van der Waals surface area contributed by atoms with Crippen LogP contribution in [0.25, 0.3) is 11.0 Å². The Labute approximate surface area is 179 Å². The quantitative estimate of drug-likeness (QED) is 0.539. The zero-order chi connectivity index (χ0) is 22.0. The van der Waals surface area contributed by atoms with Crippen LogP contribution in [0.5, 0.6) is 5.88 Å². The van der Waals surface area contributed by atoms with E-state index in [1.54, 1.807) is 36.4 Å². The van der Waals surface area contributed by atoms with Crippen molar-refractivity contribution >= 4 is 28.7 Å². The van der Waals surface area contributed by atoms with Gasteiger partial charge in [-0.1, -0.05) is 32.0 Å². The van der Waals surface area contributed by atoms with Gasteiger partial charge in [0, 0.05) is 29.2 Å². The molecule has 0 N–H and O–H groups in total. The normalized spacial score (nSPS) is 15.4. The average Bonchev–Trinajstić information content (AvgIpc) is 3.04. The molecule has 2 aromatic heterocycles. The van der Waals surface area contributed by atoms with Gasteiger partial charge in [0.1, 0.15) is 12.4 Å². The third kappa shape index (κ3) is 4.20. The summed E-state index contributed by atoms with van der Waals surface area (Å²) in [6.45, 7) is 4.24. The van der Waals surface area contributed by atoms with E-state index in [9.17, 15) is 9.59 Å². The Kier molecular flexibility index (Phi) is 5.81. The van der Waals surface area contributed by atoms with Crippen molar-refractivity contribution in [2.75, 3.05) is 25.2 Å². The maximum Gasteiger partial charge on any atom is 0.334 e. The number of anilines is 1. The van der Waals surface area contributed by atoms with E-state index >= 15 is 0 Å². The number of hydrogen-bond acceptors (Lipinski definition) is 7. The lowest BCUT2D eigenvalue weighted by Crippen LogP contribution is -2.32. The van der Waals surface area contributed by atoms with E-state index in [1.165, 1.54) is 12.0 Å². The molecule has 0 fully saturated rings. The molecular weight excluding hydrogens is 398 g/mol. The highest BCUT2D eigenvalue weighted by Crippen LogP contribution is 2.38. The molecule has 0 saturated heterocycles. The minimum atomic E-state index is -0.936. The van der Waals surface area contributed by atoms with Crippen LogP contribution in [0.4, 0.5) is 5.82 Å². The number of pyridine rings is 2. The molecule has 1 aromatic carbocycles. The number of carbonyl (C=O) groups excluding carboxylic acids is 2. The first-order chi connectivity index (χ1) is 15.0. The molecule has 3 aromatic rings. The molecule has 1 atom stereocenters. The van der Waals surface area contributed by atoms with Gasteiger partial charge in [-0.15, -0.1) is 0 Å². The number of hydrogen-bond donors (Lipinski definition) is 0. The predicted molar refractivity (Wildman–Crippen MR) is 114 cm³/mol. The van der Waals surface area contributed by atoms with Crippen molar-refractivity contribution in [1.82, 2.24) is 9.97 Å². The van der Waals surface area contributed by atoms with Gasteiger partial charge in [-0.25, -0.2) is 9.78 Å². The van der Waals surface area contributed by atoms with Crippen LogP contribution < -0.4 is 9.64 Å². The van der Waals surface area contributed by atoms with Crippen LogP contribution in [-0.2, 0) is 14.3 Å². The number of ether oxygens (including phenoxy) is 3. The molecule has 1 amide bonds. The Morgan fingerprint density at radius 1 is 1.10 bits per heavy atom. The standard InChI is InChI=1S/C23H23N3O5/c1-14(2)12-30-13-20(27)31-23-17-7-5-4-6-16(17)22(28)26(23)18-10-8-15-9-11-19(29-3)25-21(15)24-18/h4-11,14,23H,12-13H2,1-3H3. The summed E-state index contributed by atoms with van der Waals surface area (Å²) in [6, 6.07) is 14.1. The number of fused-ring (bicyclic) bond motifs is 2. The summed E-state index contributed by atoms with van der Waals surface area (Å²) < 4.78 is 16.2. The molecule has 0 spiro atoms. The number of rotatable bonds is 7. The fraction of sp³-hybridized carbons (Fsp3) is 0.304. The summed E-state index contributed by atoms with van der Waals surface area (Å²) in [7, 11) is 1.52. The Morgan fingerprint density at radius 2 is 1.87 bits per heavy atom. The van der Waals surface area contributed by atoms with E-state index in [0.717, 1.165) is 5.39 Å². The van der Waals surface area contributed by atoms with Crippen molar-refractivity contribution in [3.8, 4) is 5.88 Å². The highest BCUT2D eigenvalue weighted by atomic mass is 16.6. The smallest absolute Gasteiger partial charge is 0.334 e. The predicted octanol–water partition coefficient (Wildman–Crippen LogP) is 3.51. The number of benzene rings is 1. The maximum atomic E-state index is 13.2. The van der Waals surface area contributed by atoms with Crippen LogP contribution in [-0.4, -0.2) is 42.2 Å². The highest BCUT2D eigenvalue weighted by Gasteiger charge is 2.41. The number of aromatic nitrogens is 2. The van der Waals surface area contributed by atoms with Crippen molar-refractivity contribution in [3.05, 3.63) is 59.7 Å². The SMILES string of the molecule is COc1ccc2ccc(N3C(=O)c4ccccc4C3OC(=O)COCC(C)C)nc2n1. The van der Waals surface area contributed by atoms with Crippen molar-refractivity contribution in [2.45, 2.75) is 20.1 Å². The van der Waals surface area contributed by atoms with Crippen LogP contribution >= 0.6 is 0 Å². The first-order valence-corrected chi connectivity index (χ1v) is 9.99. The monoisotopic (exact) mass is 421 g/mol. The average molecular weight is 421 g/mol. The van der Waals surface area contributed by atoms with Gasteiger partial charge >= 0.3 is 5.97 Å². The topological polar surface area (TPSA) is 90.8 Å². The highest BCUT2D eigenvalue weighted by molar-refractivity contribution is 6.10. The summed E-state index contributed by atoms with van der Waals surface area (Å²) in [5.74, 6) is 0.185. The molecule has 3 heterocycles. The molecule has 0 aliphatic carbocycles. The van der Waals surface area contributed by atoms with Crippen LogP contribution in [0.2, 0.25) is 0 Å². The van der Waals surface area contributed by atoms with Gasteiger partial charge in [-0.05, 0) is 30.2 Å². The van der Waals surface area contributed by atoms with Gasteiger partial charge < -0.3 is 14.2 Å². The summed E-state index contributed by atoms with van der Waals surface area (Å²) in [6.07, 6.45) is -0.936. The lowest BCUT2D eigenvalue weighted by atomic mass is 10.1. The van der Waals surface area contributed by atoms with E-state index in [4.69, 9.17) is 14.2 Å². The second kappa shape index (κ2) is 8.69. The second-order valence-electron chi connectivity index (χ2n) is 7.58. The van der Waals surface area contributed by atoms with Gasteiger partial charge in [0.2, 0.25) is 12.1 Å². The summed E-state index contributed by atoms with van der Waals surface area (Å²) in [5, 5.41) is 0.796. The molecule has 4 rings (SSSR count). The second-order valence-corrected chi connectivity index (χ2v) is 7.58. The molecule has 0 bridgehead atoms. The molecule has 160 valence electrons. The van der Waals surface area contributed by atoms with Crippen molar-refractivity contribution in [2.24, 2.45) is 5.92 Å². The van der Waals surface area contributed by atoms with E-state index < -0.39 is 12.2 Å². The lowest BCUT2D eigenvalue weighted by molar-refractivity contribution is -0.154. The number of nitrogens with zero attached hydrogens (tertiary/aromatic N) is 3. The molecule has 8 nitrogen and oxygen atoms in total. The van der Waals surface area contributed by atoms with Crippen LogP contribution in [0.3, 0.4) is 0 Å². The molecule has 31 heavy (non-hydrogen) atoms. The van der Waals surface area contributed by atoms with E-state index in [-0.39, 0.29) is 12.5 Å². The van der Waals surface area contributed by atoms with Crippen LogP contribution in [0, 0.1) is 5.92 Å². The minimum absolute atomic E-state index is 0.192. The molecule has 1 aliphatic heterocycles. The third-order valence-corrected chi connectivity index (χ3v) is 4.79. The Balaban J connectivity index is 1.67. The minimum Gasteiger partial charge on any atom is -0.481 e. The van der Waals surface area contributed by atoms with E-state index in [0.29, 0.717) is 41.0 Å². The molecular formula is C23H23N3O5. The Morgan fingerprint density at radius 3 is 2.65 bits per heavy atom. The third-order valence-electron chi connectivity index (χ3n) is 4.79. The van der Waals surface area contributed by atoms with Crippen molar-refractivity contribution < 1.29 is 23.8 Å². The van der Waals surface area contributed by atoms with Gasteiger partial charge in [-0.2, -0.15) is 4.98 Å². The van der Waals surface area contributed by atoms with Crippen molar-refractivity contribution in [3.63, 3.8) is 0 Å². The fourth-order valence-corrected chi connectivity index (χ4v) is 3.38.